The van der Waals surface area contributed by atoms with E-state index in [0.29, 0.717) is 31.4 Å². The molecule has 1 aliphatic rings. The van der Waals surface area contributed by atoms with E-state index in [0.717, 1.165) is 22.3 Å². The molecule has 0 heterocycles. The lowest BCUT2D eigenvalue weighted by Gasteiger charge is -2.34. The minimum Gasteiger partial charge on any atom is -0.449 e. The molecule has 4 rings (SSSR count). The first kappa shape index (κ1) is 49.8. The highest BCUT2D eigenvalue weighted by atomic mass is 16.6. The fourth-order valence-electron chi connectivity index (χ4n) is 7.16. The summed E-state index contributed by atoms with van der Waals surface area (Å²) in [6, 6.07) is 19.6. The molecular formula is C46H62N8O10. The molecule has 18 heteroatoms. The van der Waals surface area contributed by atoms with Gasteiger partial charge in [0.2, 0.25) is 11.8 Å². The first-order valence-corrected chi connectivity index (χ1v) is 21.5. The molecule has 3 aromatic rings. The quantitative estimate of drug-likeness (QED) is 0.0391. The number of nitrogens with one attached hydrogen (secondary N) is 5. The highest BCUT2D eigenvalue weighted by Crippen LogP contribution is 2.44. The molecule has 18 nitrogen and oxygen atoms in total. The minimum absolute atomic E-state index is 0.0473. The Morgan fingerprint density at radius 2 is 1.30 bits per heavy atom. The topological polar surface area (TPSA) is 263 Å². The standard InChI is InChI=1S/C46H62N8O10/c1-29(2)39(53-38(55)19-7-6-12-24-50-43(59)63-27-36-34-16-10-8-14-32(34)33-15-9-11-17-35(33)36)41(57)54(37(40(47)56)18-13-25-49-42(48)58)31-22-20-30(21-23-31)26-62-44(60)51-28-52-45(61)64-46(3,4)5/h8-11,14-17,20-23,29,36-37,39H,6-7,12-13,18-19,24-28H2,1-5H3,(H2,47,56)(H,50,59)(H,51,60)(H,52,61)(H,53,55)(H3,48,49,58)/t37-,39-/m0/s1. The number of primary amides is 2. The van der Waals surface area contributed by atoms with Crippen LogP contribution in [0.15, 0.2) is 72.8 Å². The predicted octanol–water partition coefficient (Wildman–Crippen LogP) is 5.27. The molecule has 0 fully saturated rings. The van der Waals surface area contributed by atoms with Crippen LogP contribution in [0.25, 0.3) is 11.1 Å². The van der Waals surface area contributed by atoms with Gasteiger partial charge in [-0.15, -0.1) is 0 Å². The number of urea groups is 1. The van der Waals surface area contributed by atoms with Crippen molar-refractivity contribution >= 4 is 47.7 Å². The van der Waals surface area contributed by atoms with E-state index in [9.17, 15) is 33.6 Å². The third-order valence-electron chi connectivity index (χ3n) is 10.2. The minimum atomic E-state index is -1.17. The van der Waals surface area contributed by atoms with E-state index in [1.165, 1.54) is 4.90 Å². The van der Waals surface area contributed by atoms with E-state index < -0.39 is 59.7 Å². The maximum atomic E-state index is 14.4. The Hall–Kier alpha value is -6.85. The number of carbonyl (C=O) groups is 7. The fourth-order valence-corrected chi connectivity index (χ4v) is 7.16. The Labute approximate surface area is 373 Å². The molecule has 0 radical (unpaired) electrons. The third-order valence-corrected chi connectivity index (χ3v) is 10.2. The highest BCUT2D eigenvalue weighted by molar-refractivity contribution is 6.04. The maximum Gasteiger partial charge on any atom is 0.409 e. The Kier molecular flexibility index (Phi) is 18.8. The number of nitrogens with two attached hydrogens (primary N) is 2. The number of anilines is 1. The van der Waals surface area contributed by atoms with Gasteiger partial charge in [-0.25, -0.2) is 19.2 Å². The normalized spacial score (nSPS) is 12.7. The number of unbranched alkanes of at least 4 members (excludes halogenated alkanes) is 2. The zero-order valence-corrected chi connectivity index (χ0v) is 37.2. The molecule has 0 bridgehead atoms. The van der Waals surface area contributed by atoms with E-state index in [1.807, 2.05) is 24.3 Å². The van der Waals surface area contributed by atoms with Crippen molar-refractivity contribution in [3.05, 3.63) is 89.5 Å². The molecular weight excluding hydrogens is 825 g/mol. The monoisotopic (exact) mass is 886 g/mol. The van der Waals surface area contributed by atoms with Crippen LogP contribution in [0, 0.1) is 5.92 Å². The number of hydrogen-bond acceptors (Lipinski definition) is 10. The number of benzene rings is 3. The van der Waals surface area contributed by atoms with Crippen LogP contribution >= 0.6 is 0 Å². The molecule has 64 heavy (non-hydrogen) atoms. The van der Waals surface area contributed by atoms with Gasteiger partial charge in [0, 0.05) is 31.1 Å². The molecule has 3 aromatic carbocycles. The van der Waals surface area contributed by atoms with Crippen molar-refractivity contribution in [1.29, 1.82) is 0 Å². The number of amides is 8. The largest absolute Gasteiger partial charge is 0.449 e. The molecule has 0 aromatic heterocycles. The van der Waals surface area contributed by atoms with Gasteiger partial charge in [-0.2, -0.15) is 0 Å². The van der Waals surface area contributed by atoms with Gasteiger partial charge in [0.05, 0.1) is 6.67 Å². The fraction of sp³-hybridized carbons (Fsp3) is 0.457. The van der Waals surface area contributed by atoms with Crippen LogP contribution in [0.5, 0.6) is 0 Å². The molecule has 0 saturated heterocycles. The lowest BCUT2D eigenvalue weighted by Crippen LogP contribution is -2.57. The second kappa shape index (κ2) is 24.1. The molecule has 0 spiro atoms. The van der Waals surface area contributed by atoms with Gasteiger partial charge in [0.15, 0.2) is 0 Å². The SMILES string of the molecule is CC(C)[C@H](NC(=O)CCCCCNC(=O)OCC1c2ccccc2-c2ccccc21)C(=O)N(c1ccc(COC(=O)NCNC(=O)OC(C)(C)C)cc1)[C@@H](CCCNC(N)=O)C(N)=O. The number of rotatable bonds is 22. The van der Waals surface area contributed by atoms with E-state index in [4.69, 9.17) is 25.7 Å². The average Bonchev–Trinajstić information content (AvgIpc) is 3.56. The van der Waals surface area contributed by atoms with Crippen molar-refractivity contribution in [3.63, 3.8) is 0 Å². The van der Waals surface area contributed by atoms with E-state index in [2.05, 4.69) is 50.8 Å². The highest BCUT2D eigenvalue weighted by Gasteiger charge is 2.36. The summed E-state index contributed by atoms with van der Waals surface area (Å²) in [4.78, 5) is 89.8. The summed E-state index contributed by atoms with van der Waals surface area (Å²) in [5.41, 5.74) is 15.7. The predicted molar refractivity (Wildman–Crippen MR) is 240 cm³/mol. The molecule has 1 aliphatic carbocycles. The second-order valence-electron chi connectivity index (χ2n) is 16.7. The van der Waals surface area contributed by atoms with Crippen LogP contribution < -0.4 is 43.0 Å². The zero-order valence-electron chi connectivity index (χ0n) is 37.2. The molecule has 8 amide bonds. The third kappa shape index (κ3) is 15.5. The Balaban J connectivity index is 1.29. The number of alkyl carbamates (subject to hydrolysis) is 3. The van der Waals surface area contributed by atoms with E-state index in [-0.39, 0.29) is 63.2 Å². The molecule has 0 aliphatic heterocycles. The van der Waals surface area contributed by atoms with Gasteiger partial charge in [-0.3, -0.25) is 19.3 Å². The zero-order chi connectivity index (χ0) is 46.8. The summed E-state index contributed by atoms with van der Waals surface area (Å²) in [7, 11) is 0. The summed E-state index contributed by atoms with van der Waals surface area (Å²) in [5, 5.41) is 12.9. The van der Waals surface area contributed by atoms with Gasteiger partial charge >= 0.3 is 24.3 Å². The van der Waals surface area contributed by atoms with E-state index >= 15 is 0 Å². The van der Waals surface area contributed by atoms with Crippen LogP contribution in [0.3, 0.4) is 0 Å². The molecule has 2 atom stereocenters. The van der Waals surface area contributed by atoms with Crippen molar-refractivity contribution in [2.75, 3.05) is 31.3 Å². The van der Waals surface area contributed by atoms with Crippen molar-refractivity contribution in [1.82, 2.24) is 26.6 Å². The van der Waals surface area contributed by atoms with Crippen molar-refractivity contribution in [2.45, 2.75) is 103 Å². The first-order chi connectivity index (χ1) is 30.4. The Morgan fingerprint density at radius 3 is 1.89 bits per heavy atom. The van der Waals surface area contributed by atoms with Gasteiger partial charge in [0.1, 0.15) is 30.9 Å². The summed E-state index contributed by atoms with van der Waals surface area (Å²) in [5.74, 6) is -2.21. The van der Waals surface area contributed by atoms with Gasteiger partial charge in [0.25, 0.3) is 5.91 Å². The summed E-state index contributed by atoms with van der Waals surface area (Å²) in [6.45, 7) is 8.94. The summed E-state index contributed by atoms with van der Waals surface area (Å²) >= 11 is 0. The molecule has 346 valence electrons. The number of carbonyl (C=O) groups excluding carboxylic acids is 7. The van der Waals surface area contributed by atoms with Crippen LogP contribution in [0.2, 0.25) is 0 Å². The Bertz CT molecular complexity index is 2040. The Morgan fingerprint density at radius 1 is 0.703 bits per heavy atom. The lowest BCUT2D eigenvalue weighted by atomic mass is 9.98. The number of ether oxygens (including phenoxy) is 3. The van der Waals surface area contributed by atoms with Crippen molar-refractivity contribution in [3.8, 4) is 11.1 Å². The van der Waals surface area contributed by atoms with Gasteiger partial charge < -0.3 is 52.3 Å². The molecule has 9 N–H and O–H groups in total. The first-order valence-electron chi connectivity index (χ1n) is 21.5. The second-order valence-corrected chi connectivity index (χ2v) is 16.7. The van der Waals surface area contributed by atoms with Gasteiger partial charge in [-0.1, -0.05) is 80.9 Å². The van der Waals surface area contributed by atoms with Crippen molar-refractivity contribution < 1.29 is 47.8 Å². The van der Waals surface area contributed by atoms with E-state index in [1.54, 1.807) is 58.9 Å². The summed E-state index contributed by atoms with van der Waals surface area (Å²) < 4.78 is 16.0. The lowest BCUT2D eigenvalue weighted by molar-refractivity contribution is -0.130. The van der Waals surface area contributed by atoms with Gasteiger partial charge in [-0.05, 0) is 92.3 Å². The van der Waals surface area contributed by atoms with Crippen molar-refractivity contribution in [2.24, 2.45) is 17.4 Å². The molecule has 0 saturated carbocycles. The molecule has 0 unspecified atom stereocenters. The number of nitrogens with zero attached hydrogens (tertiary/aromatic N) is 1. The van der Waals surface area contributed by atoms with Crippen LogP contribution in [0.4, 0.5) is 24.9 Å². The number of hydrogen-bond donors (Lipinski definition) is 7. The average molecular weight is 887 g/mol. The van der Waals surface area contributed by atoms with Crippen LogP contribution in [0.1, 0.15) is 95.8 Å². The van der Waals surface area contributed by atoms with Crippen LogP contribution in [-0.2, 0) is 35.2 Å². The van der Waals surface area contributed by atoms with Crippen LogP contribution in [-0.4, -0.2) is 86.1 Å². The smallest absolute Gasteiger partial charge is 0.409 e. The summed E-state index contributed by atoms with van der Waals surface area (Å²) in [6.07, 6.45) is 0.0837. The number of fused-ring (bicyclic) bond motifs is 3. The maximum absolute atomic E-state index is 14.4.